The number of pyridine rings is 1. The second-order valence-electron chi connectivity index (χ2n) is 6.96. The molecule has 31 heavy (non-hydrogen) atoms. The maximum absolute atomic E-state index is 13.0. The van der Waals surface area contributed by atoms with E-state index in [1.165, 1.54) is 29.5 Å². The first kappa shape index (κ1) is 20.3. The van der Waals surface area contributed by atoms with Gasteiger partial charge in [0.2, 0.25) is 0 Å². The highest BCUT2D eigenvalue weighted by atomic mass is 16.5. The molecule has 2 heterocycles. The molecule has 0 N–H and O–H groups in total. The minimum atomic E-state index is -0.580. The maximum Gasteiger partial charge on any atom is 0.338 e. The highest BCUT2D eigenvalue weighted by Crippen LogP contribution is 2.33. The van der Waals surface area contributed by atoms with Crippen molar-refractivity contribution in [3.8, 4) is 5.75 Å². The van der Waals surface area contributed by atoms with Crippen molar-refractivity contribution < 1.29 is 19.1 Å². The lowest BCUT2D eigenvalue weighted by Gasteiger charge is -2.22. The first-order valence-corrected chi connectivity index (χ1v) is 9.82. The highest BCUT2D eigenvalue weighted by Gasteiger charge is 2.33. The molecule has 0 aliphatic carbocycles. The summed E-state index contributed by atoms with van der Waals surface area (Å²) < 4.78 is 10.4. The van der Waals surface area contributed by atoms with Gasteiger partial charge in [-0.2, -0.15) is 5.10 Å². The first-order chi connectivity index (χ1) is 15.2. The van der Waals surface area contributed by atoms with Gasteiger partial charge in [-0.1, -0.05) is 42.5 Å². The van der Waals surface area contributed by atoms with Crippen LogP contribution in [0, 0.1) is 0 Å². The number of nitrogens with zero attached hydrogens (tertiary/aromatic N) is 3. The molecule has 0 unspecified atom stereocenters. The van der Waals surface area contributed by atoms with Crippen molar-refractivity contribution in [2.75, 3.05) is 13.7 Å². The molecular formula is C24H21N3O4. The summed E-state index contributed by atoms with van der Waals surface area (Å²) in [5.74, 6) is -0.243. The standard InChI is InChI=1S/C24H21N3O4/c1-30-20-9-7-18(8-10-20)22-15-21(17-5-3-2-4-6-17)26-27(22)23(28)16-31-24(29)19-11-13-25-14-12-19/h2-14,22H,15-16H2,1H3/t22-/m0/s1. The molecule has 1 aliphatic heterocycles. The number of carbonyl (C=O) groups excluding carboxylic acids is 2. The topological polar surface area (TPSA) is 81.1 Å². The van der Waals surface area contributed by atoms with E-state index in [-0.39, 0.29) is 6.04 Å². The SMILES string of the molecule is COc1ccc([C@@H]2CC(c3ccccc3)=NN2C(=O)COC(=O)c2ccncc2)cc1. The molecule has 0 saturated heterocycles. The number of aromatic nitrogens is 1. The number of hydrazone groups is 1. The van der Waals surface area contributed by atoms with Crippen molar-refractivity contribution >= 4 is 17.6 Å². The molecule has 7 heteroatoms. The van der Waals surface area contributed by atoms with E-state index in [0.29, 0.717) is 12.0 Å². The molecule has 3 aromatic rings. The predicted molar refractivity (Wildman–Crippen MR) is 115 cm³/mol. The largest absolute Gasteiger partial charge is 0.497 e. The zero-order chi connectivity index (χ0) is 21.6. The molecule has 0 bridgehead atoms. The quantitative estimate of drug-likeness (QED) is 0.575. The summed E-state index contributed by atoms with van der Waals surface area (Å²) in [6, 6.07) is 20.0. The Hall–Kier alpha value is -4.00. The van der Waals surface area contributed by atoms with Crippen molar-refractivity contribution in [1.29, 1.82) is 0 Å². The maximum atomic E-state index is 13.0. The summed E-state index contributed by atoms with van der Waals surface area (Å²) >= 11 is 0. The van der Waals surface area contributed by atoms with Gasteiger partial charge in [0.25, 0.3) is 5.91 Å². The number of hydrogen-bond donors (Lipinski definition) is 0. The molecule has 4 rings (SSSR count). The van der Waals surface area contributed by atoms with Gasteiger partial charge >= 0.3 is 5.97 Å². The van der Waals surface area contributed by atoms with Gasteiger partial charge in [0, 0.05) is 18.8 Å². The van der Waals surface area contributed by atoms with Gasteiger partial charge in [-0.05, 0) is 35.4 Å². The van der Waals surface area contributed by atoms with Crippen LogP contribution in [0.1, 0.15) is 33.9 Å². The van der Waals surface area contributed by atoms with Crippen LogP contribution < -0.4 is 4.74 Å². The summed E-state index contributed by atoms with van der Waals surface area (Å²) in [4.78, 5) is 29.0. The Balaban J connectivity index is 1.54. The van der Waals surface area contributed by atoms with Gasteiger partial charge < -0.3 is 9.47 Å². The number of benzene rings is 2. The summed E-state index contributed by atoms with van der Waals surface area (Å²) in [5.41, 5.74) is 3.01. The van der Waals surface area contributed by atoms with Crippen molar-refractivity contribution in [2.24, 2.45) is 5.10 Å². The van der Waals surface area contributed by atoms with Crippen molar-refractivity contribution in [2.45, 2.75) is 12.5 Å². The fourth-order valence-electron chi connectivity index (χ4n) is 3.40. The summed E-state index contributed by atoms with van der Waals surface area (Å²) in [7, 11) is 1.61. The molecule has 0 radical (unpaired) electrons. The Morgan fingerprint density at radius 1 is 1.00 bits per heavy atom. The third-order valence-electron chi connectivity index (χ3n) is 5.02. The number of carbonyl (C=O) groups is 2. The summed E-state index contributed by atoms with van der Waals surface area (Å²) in [5, 5.41) is 5.98. The number of amides is 1. The lowest BCUT2D eigenvalue weighted by Crippen LogP contribution is -2.31. The Labute approximate surface area is 179 Å². The van der Waals surface area contributed by atoms with Crippen LogP contribution in [0.4, 0.5) is 0 Å². The molecule has 1 atom stereocenters. The van der Waals surface area contributed by atoms with Crippen LogP contribution in [0.15, 0.2) is 84.2 Å². The van der Waals surface area contributed by atoms with Crippen LogP contribution in [0.3, 0.4) is 0 Å². The minimum absolute atomic E-state index is 0.298. The van der Waals surface area contributed by atoms with Gasteiger partial charge in [0.05, 0.1) is 24.4 Å². The average molecular weight is 415 g/mol. The van der Waals surface area contributed by atoms with Crippen molar-refractivity contribution in [3.63, 3.8) is 0 Å². The van der Waals surface area contributed by atoms with Crippen LogP contribution in [0.5, 0.6) is 5.75 Å². The molecule has 1 amide bonds. The number of rotatable bonds is 6. The fraction of sp³-hybridized carbons (Fsp3) is 0.167. The van der Waals surface area contributed by atoms with Crippen LogP contribution in [0.25, 0.3) is 0 Å². The van der Waals surface area contributed by atoms with Crippen molar-refractivity contribution in [1.82, 2.24) is 9.99 Å². The lowest BCUT2D eigenvalue weighted by atomic mass is 9.98. The van der Waals surface area contributed by atoms with E-state index in [1.54, 1.807) is 7.11 Å². The van der Waals surface area contributed by atoms with Gasteiger partial charge in [-0.15, -0.1) is 0 Å². The molecule has 156 valence electrons. The van der Waals surface area contributed by atoms with Crippen LogP contribution in [-0.2, 0) is 9.53 Å². The van der Waals surface area contributed by atoms with Gasteiger partial charge in [0.15, 0.2) is 6.61 Å². The Bertz CT molecular complexity index is 1080. The molecule has 2 aromatic carbocycles. The number of ether oxygens (including phenoxy) is 2. The van der Waals surface area contributed by atoms with E-state index in [4.69, 9.17) is 9.47 Å². The molecule has 1 aliphatic rings. The van der Waals surface area contributed by atoms with Crippen LogP contribution in [0.2, 0.25) is 0 Å². The van der Waals surface area contributed by atoms with Gasteiger partial charge in [-0.3, -0.25) is 9.78 Å². The molecule has 0 spiro atoms. The molecule has 7 nitrogen and oxygen atoms in total. The second kappa shape index (κ2) is 9.21. The predicted octanol–water partition coefficient (Wildman–Crippen LogP) is 3.62. The third-order valence-corrected chi connectivity index (χ3v) is 5.02. The first-order valence-electron chi connectivity index (χ1n) is 9.82. The normalized spacial score (nSPS) is 15.3. The van der Waals surface area contributed by atoms with Crippen LogP contribution in [-0.4, -0.2) is 41.3 Å². The molecule has 0 fully saturated rings. The average Bonchev–Trinajstić information content (AvgIpc) is 3.29. The van der Waals surface area contributed by atoms with E-state index in [9.17, 15) is 9.59 Å². The zero-order valence-electron chi connectivity index (χ0n) is 17.0. The monoisotopic (exact) mass is 415 g/mol. The van der Waals surface area contributed by atoms with E-state index < -0.39 is 18.5 Å². The zero-order valence-corrected chi connectivity index (χ0v) is 17.0. The minimum Gasteiger partial charge on any atom is -0.497 e. The van der Waals surface area contributed by atoms with Crippen molar-refractivity contribution in [3.05, 3.63) is 95.8 Å². The molecular weight excluding hydrogens is 394 g/mol. The van der Waals surface area contributed by atoms with E-state index in [1.807, 2.05) is 54.6 Å². The van der Waals surface area contributed by atoms with E-state index in [0.717, 1.165) is 22.6 Å². The highest BCUT2D eigenvalue weighted by molar-refractivity contribution is 6.03. The Kier molecular flexibility index (Phi) is 6.03. The lowest BCUT2D eigenvalue weighted by molar-refractivity contribution is -0.136. The summed E-state index contributed by atoms with van der Waals surface area (Å²) in [6.07, 6.45) is 3.55. The smallest absolute Gasteiger partial charge is 0.338 e. The van der Waals surface area contributed by atoms with Crippen LogP contribution >= 0.6 is 0 Å². The number of hydrogen-bond acceptors (Lipinski definition) is 6. The van der Waals surface area contributed by atoms with Gasteiger partial charge in [-0.25, -0.2) is 9.80 Å². The Morgan fingerprint density at radius 3 is 2.39 bits per heavy atom. The summed E-state index contributed by atoms with van der Waals surface area (Å²) in [6.45, 7) is -0.403. The van der Waals surface area contributed by atoms with E-state index >= 15 is 0 Å². The van der Waals surface area contributed by atoms with E-state index in [2.05, 4.69) is 10.1 Å². The number of esters is 1. The number of methoxy groups -OCH3 is 1. The second-order valence-corrected chi connectivity index (χ2v) is 6.96. The van der Waals surface area contributed by atoms with Gasteiger partial charge in [0.1, 0.15) is 5.75 Å². The molecule has 1 aromatic heterocycles. The Morgan fingerprint density at radius 2 is 1.71 bits per heavy atom. The fourth-order valence-corrected chi connectivity index (χ4v) is 3.40. The third kappa shape index (κ3) is 4.61. The molecule has 0 saturated carbocycles.